The summed E-state index contributed by atoms with van der Waals surface area (Å²) in [6.45, 7) is 0. The summed E-state index contributed by atoms with van der Waals surface area (Å²) in [6, 6.07) is 8.20. The molecule has 0 saturated carbocycles. The van der Waals surface area contributed by atoms with E-state index in [1.54, 1.807) is 18.0 Å². The van der Waals surface area contributed by atoms with Crippen molar-refractivity contribution < 1.29 is 0 Å². The van der Waals surface area contributed by atoms with E-state index < -0.39 is 0 Å². The first-order chi connectivity index (χ1) is 6.81. The van der Waals surface area contributed by atoms with Gasteiger partial charge in [0.05, 0.1) is 0 Å². The van der Waals surface area contributed by atoms with Gasteiger partial charge in [0, 0.05) is 23.0 Å². The summed E-state index contributed by atoms with van der Waals surface area (Å²) >= 11 is 1.72. The van der Waals surface area contributed by atoms with Crippen LogP contribution in [0.15, 0.2) is 41.6 Å². The number of hydrogen-bond donors (Lipinski definition) is 1. The molecule has 3 nitrogen and oxygen atoms in total. The molecule has 0 aliphatic heterocycles. The molecule has 2 N–H and O–H groups in total. The van der Waals surface area contributed by atoms with E-state index in [1.807, 2.05) is 22.9 Å². The summed E-state index contributed by atoms with van der Waals surface area (Å²) < 4.78 is 1.85. The number of hydrogen-bond acceptors (Lipinski definition) is 3. The first kappa shape index (κ1) is 9.15. The van der Waals surface area contributed by atoms with Gasteiger partial charge < -0.3 is 5.73 Å². The van der Waals surface area contributed by atoms with Crippen LogP contribution in [0.25, 0.3) is 5.69 Å². The molecule has 72 valence electrons. The zero-order chi connectivity index (χ0) is 9.97. The number of aromatic nitrogens is 2. The van der Waals surface area contributed by atoms with Crippen molar-refractivity contribution >= 4 is 17.7 Å². The molecular weight excluding hydrogens is 194 g/mol. The van der Waals surface area contributed by atoms with Gasteiger partial charge in [0.1, 0.15) is 0 Å². The molecule has 0 radical (unpaired) electrons. The van der Waals surface area contributed by atoms with E-state index in [0.717, 1.165) is 5.69 Å². The fraction of sp³-hybridized carbons (Fsp3) is 0.100. The van der Waals surface area contributed by atoms with E-state index in [9.17, 15) is 0 Å². The molecule has 0 amide bonds. The fourth-order valence-corrected chi connectivity index (χ4v) is 1.68. The van der Waals surface area contributed by atoms with E-state index in [4.69, 9.17) is 5.73 Å². The van der Waals surface area contributed by atoms with Crippen LogP contribution in [0.1, 0.15) is 0 Å². The molecule has 0 bridgehead atoms. The fourth-order valence-electron chi connectivity index (χ4n) is 1.28. The second-order valence-corrected chi connectivity index (χ2v) is 3.73. The van der Waals surface area contributed by atoms with Gasteiger partial charge in [-0.3, -0.25) is 4.57 Å². The number of imidazole rings is 1. The van der Waals surface area contributed by atoms with Crippen LogP contribution in [0, 0.1) is 0 Å². The lowest BCUT2D eigenvalue weighted by Crippen LogP contribution is -1.99. The maximum atomic E-state index is 5.69. The molecule has 0 aliphatic carbocycles. The van der Waals surface area contributed by atoms with Gasteiger partial charge in [0.15, 0.2) is 0 Å². The molecule has 1 aromatic carbocycles. The van der Waals surface area contributed by atoms with Gasteiger partial charge in [0.25, 0.3) is 0 Å². The molecule has 0 atom stereocenters. The van der Waals surface area contributed by atoms with Crippen molar-refractivity contribution in [3.8, 4) is 5.69 Å². The van der Waals surface area contributed by atoms with Crippen LogP contribution in [0.5, 0.6) is 0 Å². The predicted octanol–water partition coefficient (Wildman–Crippen LogP) is 2.18. The molecule has 0 unspecified atom stereocenters. The van der Waals surface area contributed by atoms with E-state index in [0.29, 0.717) is 5.95 Å². The number of anilines is 1. The summed E-state index contributed by atoms with van der Waals surface area (Å²) in [7, 11) is 0. The molecule has 1 heterocycles. The number of rotatable bonds is 2. The zero-order valence-electron chi connectivity index (χ0n) is 7.84. The third-order valence-electron chi connectivity index (χ3n) is 2.02. The number of nitrogens with two attached hydrogens (primary N) is 1. The minimum absolute atomic E-state index is 0.516. The van der Waals surface area contributed by atoms with E-state index >= 15 is 0 Å². The van der Waals surface area contributed by atoms with Crippen LogP contribution in [0.3, 0.4) is 0 Å². The Morgan fingerprint density at radius 1 is 1.29 bits per heavy atom. The molecule has 14 heavy (non-hydrogen) atoms. The van der Waals surface area contributed by atoms with E-state index in [2.05, 4.69) is 23.4 Å². The smallest absolute Gasteiger partial charge is 0.204 e. The zero-order valence-corrected chi connectivity index (χ0v) is 8.66. The number of nitrogen functional groups attached to an aromatic ring is 1. The Balaban J connectivity index is 2.39. The first-order valence-corrected chi connectivity index (χ1v) is 5.47. The first-order valence-electron chi connectivity index (χ1n) is 4.24. The summed E-state index contributed by atoms with van der Waals surface area (Å²) in [5.41, 5.74) is 6.73. The average molecular weight is 205 g/mol. The Labute approximate surface area is 87.0 Å². The lowest BCUT2D eigenvalue weighted by atomic mass is 10.3. The standard InChI is InChI=1S/C10H11N3S/c1-14-9-4-2-8(3-5-9)13-7-6-12-10(13)11/h2-7H,1H3,(H2,11,12). The normalized spacial score (nSPS) is 10.4. The minimum Gasteiger partial charge on any atom is -0.369 e. The topological polar surface area (TPSA) is 43.8 Å². The molecule has 0 spiro atoms. The molecule has 0 fully saturated rings. The average Bonchev–Trinajstić information content (AvgIpc) is 2.65. The lowest BCUT2D eigenvalue weighted by Gasteiger charge is -2.04. The molecule has 2 rings (SSSR count). The van der Waals surface area contributed by atoms with E-state index in [-0.39, 0.29) is 0 Å². The maximum absolute atomic E-state index is 5.69. The van der Waals surface area contributed by atoms with Gasteiger partial charge in [-0.25, -0.2) is 4.98 Å². The second kappa shape index (κ2) is 3.75. The number of nitrogens with zero attached hydrogens (tertiary/aromatic N) is 2. The summed E-state index contributed by atoms with van der Waals surface area (Å²) in [5.74, 6) is 0.516. The van der Waals surface area contributed by atoms with Crippen LogP contribution in [0.2, 0.25) is 0 Å². The predicted molar refractivity (Wildman–Crippen MR) is 59.8 cm³/mol. The van der Waals surface area contributed by atoms with Gasteiger partial charge in [-0.05, 0) is 30.5 Å². The van der Waals surface area contributed by atoms with Crippen molar-refractivity contribution in [2.24, 2.45) is 0 Å². The molecular formula is C10H11N3S. The Bertz CT molecular complexity index is 419. The highest BCUT2D eigenvalue weighted by molar-refractivity contribution is 7.98. The van der Waals surface area contributed by atoms with Gasteiger partial charge in [-0.2, -0.15) is 0 Å². The van der Waals surface area contributed by atoms with Crippen molar-refractivity contribution in [2.45, 2.75) is 4.90 Å². The molecule has 1 aromatic heterocycles. The molecule has 4 heteroatoms. The Kier molecular flexibility index (Phi) is 2.45. The Morgan fingerprint density at radius 2 is 2.00 bits per heavy atom. The van der Waals surface area contributed by atoms with Crippen LogP contribution in [-0.2, 0) is 0 Å². The van der Waals surface area contributed by atoms with Gasteiger partial charge in [0.2, 0.25) is 5.95 Å². The van der Waals surface area contributed by atoms with Crippen LogP contribution < -0.4 is 5.73 Å². The van der Waals surface area contributed by atoms with E-state index in [1.165, 1.54) is 4.90 Å². The lowest BCUT2D eigenvalue weighted by molar-refractivity contribution is 1.07. The van der Waals surface area contributed by atoms with Gasteiger partial charge in [-0.1, -0.05) is 0 Å². The van der Waals surface area contributed by atoms with Crippen LogP contribution in [0.4, 0.5) is 5.95 Å². The third-order valence-corrected chi connectivity index (χ3v) is 2.76. The van der Waals surface area contributed by atoms with Gasteiger partial charge >= 0.3 is 0 Å². The quantitative estimate of drug-likeness (QED) is 0.764. The van der Waals surface area contributed by atoms with Gasteiger partial charge in [-0.15, -0.1) is 11.8 Å². The summed E-state index contributed by atoms with van der Waals surface area (Å²) in [5, 5.41) is 0. The highest BCUT2D eigenvalue weighted by atomic mass is 32.2. The third kappa shape index (κ3) is 1.61. The van der Waals surface area contributed by atoms with Crippen molar-refractivity contribution in [1.29, 1.82) is 0 Å². The molecule has 0 saturated heterocycles. The largest absolute Gasteiger partial charge is 0.369 e. The van der Waals surface area contributed by atoms with Crippen molar-refractivity contribution in [3.63, 3.8) is 0 Å². The monoisotopic (exact) mass is 205 g/mol. The highest BCUT2D eigenvalue weighted by Gasteiger charge is 1.99. The Hall–Kier alpha value is -1.42. The van der Waals surface area contributed by atoms with Crippen molar-refractivity contribution in [2.75, 3.05) is 12.0 Å². The van der Waals surface area contributed by atoms with Crippen molar-refractivity contribution in [1.82, 2.24) is 9.55 Å². The number of benzene rings is 1. The summed E-state index contributed by atoms with van der Waals surface area (Å²) in [4.78, 5) is 5.21. The highest BCUT2D eigenvalue weighted by Crippen LogP contribution is 2.18. The van der Waals surface area contributed by atoms with Crippen LogP contribution in [-0.4, -0.2) is 15.8 Å². The molecule has 0 aliphatic rings. The molecule has 2 aromatic rings. The SMILES string of the molecule is CSc1ccc(-n2ccnc2N)cc1. The minimum atomic E-state index is 0.516. The Morgan fingerprint density at radius 3 is 2.50 bits per heavy atom. The van der Waals surface area contributed by atoms with Crippen molar-refractivity contribution in [3.05, 3.63) is 36.7 Å². The second-order valence-electron chi connectivity index (χ2n) is 2.85. The summed E-state index contributed by atoms with van der Waals surface area (Å²) in [6.07, 6.45) is 5.60. The van der Waals surface area contributed by atoms with Crippen LogP contribution >= 0.6 is 11.8 Å². The number of thioether (sulfide) groups is 1. The maximum Gasteiger partial charge on any atom is 0.204 e.